The Balaban J connectivity index is 1.46. The molecule has 1 aliphatic rings. The van der Waals surface area contributed by atoms with E-state index in [9.17, 15) is 14.4 Å². The molecule has 7 nitrogen and oxygen atoms in total. The summed E-state index contributed by atoms with van der Waals surface area (Å²) in [7, 11) is 0. The number of amides is 2. The van der Waals surface area contributed by atoms with Gasteiger partial charge in [0.05, 0.1) is 16.6 Å². The van der Waals surface area contributed by atoms with E-state index in [4.69, 9.17) is 4.74 Å². The number of likely N-dealkylation sites (tertiary alicyclic amines) is 1. The number of ether oxygens (including phenoxy) is 1. The van der Waals surface area contributed by atoms with Crippen molar-refractivity contribution in [1.82, 2.24) is 9.88 Å². The Morgan fingerprint density at radius 2 is 1.94 bits per heavy atom. The van der Waals surface area contributed by atoms with Crippen LogP contribution < -0.4 is 5.32 Å². The van der Waals surface area contributed by atoms with E-state index in [1.54, 1.807) is 22.3 Å². The Morgan fingerprint density at radius 3 is 2.55 bits per heavy atom. The van der Waals surface area contributed by atoms with Gasteiger partial charge in [-0.2, -0.15) is 0 Å². The van der Waals surface area contributed by atoms with Gasteiger partial charge in [-0.15, -0.1) is 11.3 Å². The molecule has 1 aromatic carbocycles. The summed E-state index contributed by atoms with van der Waals surface area (Å²) < 4.78 is 5.23. The third-order valence-corrected chi connectivity index (χ3v) is 5.94. The maximum atomic E-state index is 12.4. The molecule has 2 aromatic rings. The normalized spacial score (nSPS) is 14.9. The van der Waals surface area contributed by atoms with E-state index >= 15 is 0 Å². The number of esters is 1. The van der Waals surface area contributed by atoms with Gasteiger partial charge in [0.2, 0.25) is 5.91 Å². The Bertz CT molecular complexity index is 956. The summed E-state index contributed by atoms with van der Waals surface area (Å²) in [5, 5.41) is 5.71. The lowest BCUT2D eigenvalue weighted by Crippen LogP contribution is -2.45. The minimum absolute atomic E-state index is 0.0914. The molecule has 31 heavy (non-hydrogen) atoms. The van der Waals surface area contributed by atoms with E-state index in [0.717, 1.165) is 16.3 Å². The molecule has 166 valence electrons. The van der Waals surface area contributed by atoms with Gasteiger partial charge in [-0.05, 0) is 31.9 Å². The molecule has 2 amide bonds. The Hall–Kier alpha value is -2.74. The van der Waals surface area contributed by atoms with Gasteiger partial charge in [0.1, 0.15) is 0 Å². The number of thiazole rings is 1. The van der Waals surface area contributed by atoms with Gasteiger partial charge in [-0.1, -0.05) is 32.9 Å². The fraction of sp³-hybridized carbons (Fsp3) is 0.478. The summed E-state index contributed by atoms with van der Waals surface area (Å²) in [6.07, 6.45) is 1.11. The number of hydrogen-bond donors (Lipinski definition) is 1. The number of carbonyl (C=O) groups is 3. The maximum Gasteiger partial charge on any atom is 0.309 e. The molecule has 0 atom stereocenters. The average molecular weight is 444 g/mol. The maximum absolute atomic E-state index is 12.4. The van der Waals surface area contributed by atoms with Gasteiger partial charge in [0, 0.05) is 35.1 Å². The number of aryl methyl sites for hydroxylation is 1. The van der Waals surface area contributed by atoms with Crippen molar-refractivity contribution in [3.63, 3.8) is 0 Å². The minimum Gasteiger partial charge on any atom is -0.455 e. The first-order chi connectivity index (χ1) is 14.6. The first-order valence-corrected chi connectivity index (χ1v) is 11.3. The molecule has 0 radical (unpaired) electrons. The van der Waals surface area contributed by atoms with E-state index < -0.39 is 5.41 Å². The van der Waals surface area contributed by atoms with E-state index in [-0.39, 0.29) is 30.3 Å². The highest BCUT2D eigenvalue weighted by molar-refractivity contribution is 7.09. The lowest BCUT2D eigenvalue weighted by Gasteiger charge is -2.34. The van der Waals surface area contributed by atoms with Crippen LogP contribution in [0.25, 0.3) is 11.3 Å². The summed E-state index contributed by atoms with van der Waals surface area (Å²) in [4.78, 5) is 43.2. The van der Waals surface area contributed by atoms with Crippen LogP contribution in [0, 0.1) is 18.3 Å². The fourth-order valence-electron chi connectivity index (χ4n) is 3.50. The molecule has 3 rings (SSSR count). The molecule has 1 N–H and O–H groups in total. The summed E-state index contributed by atoms with van der Waals surface area (Å²) in [5.74, 6) is -0.966. The van der Waals surface area contributed by atoms with Gasteiger partial charge in [-0.25, -0.2) is 4.98 Å². The molecule has 0 saturated carbocycles. The summed E-state index contributed by atoms with van der Waals surface area (Å²) in [6.45, 7) is 8.35. The van der Waals surface area contributed by atoms with Crippen LogP contribution in [0.5, 0.6) is 0 Å². The average Bonchev–Trinajstić information content (AvgIpc) is 3.17. The van der Waals surface area contributed by atoms with Crippen LogP contribution in [-0.4, -0.2) is 47.4 Å². The van der Waals surface area contributed by atoms with Gasteiger partial charge in [0.25, 0.3) is 5.91 Å². The van der Waals surface area contributed by atoms with E-state index in [1.807, 2.05) is 51.3 Å². The molecule has 0 aliphatic carbocycles. The number of nitrogens with one attached hydrogen (secondary N) is 1. The minimum atomic E-state index is -0.430. The van der Waals surface area contributed by atoms with Gasteiger partial charge >= 0.3 is 5.97 Å². The second-order valence-corrected chi connectivity index (χ2v) is 9.87. The number of benzene rings is 1. The fourth-order valence-corrected chi connectivity index (χ4v) is 4.12. The van der Waals surface area contributed by atoms with Crippen molar-refractivity contribution in [3.05, 3.63) is 34.7 Å². The van der Waals surface area contributed by atoms with Crippen molar-refractivity contribution in [3.8, 4) is 11.3 Å². The Morgan fingerprint density at radius 1 is 1.23 bits per heavy atom. The van der Waals surface area contributed by atoms with E-state index in [0.29, 0.717) is 31.6 Å². The predicted octanol–water partition coefficient (Wildman–Crippen LogP) is 3.88. The second-order valence-electron chi connectivity index (χ2n) is 8.80. The smallest absolute Gasteiger partial charge is 0.309 e. The molecule has 1 aromatic heterocycles. The lowest BCUT2D eigenvalue weighted by molar-refractivity contribution is -0.155. The van der Waals surface area contributed by atoms with Crippen LogP contribution in [-0.2, 0) is 19.1 Å². The number of piperidine rings is 1. The molecule has 0 spiro atoms. The monoisotopic (exact) mass is 443 g/mol. The van der Waals surface area contributed by atoms with Crippen molar-refractivity contribution >= 4 is 34.8 Å². The molecule has 0 unspecified atom stereocenters. The molecule has 0 bridgehead atoms. The summed E-state index contributed by atoms with van der Waals surface area (Å²) in [6, 6.07) is 7.40. The highest BCUT2D eigenvalue weighted by Gasteiger charge is 2.33. The largest absolute Gasteiger partial charge is 0.455 e. The van der Waals surface area contributed by atoms with Crippen LogP contribution in [0.4, 0.5) is 5.69 Å². The van der Waals surface area contributed by atoms with Gasteiger partial charge < -0.3 is 15.0 Å². The SMILES string of the molecule is Cc1nc(-c2cccc(NC(=O)COC(=O)C3CCN(C(=O)C(C)(C)C)CC3)c2)cs1. The number of nitrogens with zero attached hydrogens (tertiary/aromatic N) is 2. The Labute approximate surface area is 186 Å². The van der Waals surface area contributed by atoms with Crippen LogP contribution in [0.2, 0.25) is 0 Å². The molecular weight excluding hydrogens is 414 g/mol. The van der Waals surface area contributed by atoms with Crippen LogP contribution in [0.15, 0.2) is 29.6 Å². The first kappa shape index (κ1) is 22.9. The second kappa shape index (κ2) is 9.60. The summed E-state index contributed by atoms with van der Waals surface area (Å²) in [5.41, 5.74) is 1.97. The number of hydrogen-bond acceptors (Lipinski definition) is 6. The van der Waals surface area contributed by atoms with Crippen molar-refractivity contribution < 1.29 is 19.1 Å². The first-order valence-electron chi connectivity index (χ1n) is 10.4. The van der Waals surface area contributed by atoms with Gasteiger partial charge in [0.15, 0.2) is 6.61 Å². The van der Waals surface area contributed by atoms with Gasteiger partial charge in [-0.3, -0.25) is 14.4 Å². The zero-order valence-corrected chi connectivity index (χ0v) is 19.3. The third kappa shape index (κ3) is 6.13. The predicted molar refractivity (Wildman–Crippen MR) is 121 cm³/mol. The molecule has 1 saturated heterocycles. The number of carbonyl (C=O) groups excluding carboxylic acids is 3. The molecule has 2 heterocycles. The zero-order valence-electron chi connectivity index (χ0n) is 18.4. The highest BCUT2D eigenvalue weighted by atomic mass is 32.1. The Kier molecular flexibility index (Phi) is 7.10. The lowest BCUT2D eigenvalue weighted by atomic mass is 9.91. The van der Waals surface area contributed by atoms with Crippen molar-refractivity contribution in [2.24, 2.45) is 11.3 Å². The summed E-state index contributed by atoms with van der Waals surface area (Å²) >= 11 is 1.57. The van der Waals surface area contributed by atoms with Crippen LogP contribution in [0.3, 0.4) is 0 Å². The third-order valence-electron chi connectivity index (χ3n) is 5.16. The van der Waals surface area contributed by atoms with Crippen LogP contribution in [0.1, 0.15) is 38.6 Å². The number of anilines is 1. The number of aromatic nitrogens is 1. The quantitative estimate of drug-likeness (QED) is 0.709. The standard InChI is InChI=1S/C23H29N3O4S/c1-15-24-19(14-31-15)17-6-5-7-18(12-17)25-20(27)13-30-21(28)16-8-10-26(11-9-16)22(29)23(2,3)4/h5-7,12,14,16H,8-11,13H2,1-4H3,(H,25,27). The molecule has 8 heteroatoms. The zero-order chi connectivity index (χ0) is 22.6. The molecular formula is C23H29N3O4S. The highest BCUT2D eigenvalue weighted by Crippen LogP contribution is 2.25. The number of rotatable bonds is 5. The van der Waals surface area contributed by atoms with E-state index in [1.165, 1.54) is 0 Å². The van der Waals surface area contributed by atoms with E-state index in [2.05, 4.69) is 10.3 Å². The van der Waals surface area contributed by atoms with Crippen molar-refractivity contribution in [2.45, 2.75) is 40.5 Å². The molecule has 1 fully saturated rings. The topological polar surface area (TPSA) is 88.6 Å². The van der Waals surface area contributed by atoms with Crippen LogP contribution >= 0.6 is 11.3 Å². The van der Waals surface area contributed by atoms with Crippen molar-refractivity contribution in [1.29, 1.82) is 0 Å². The van der Waals surface area contributed by atoms with Crippen molar-refractivity contribution in [2.75, 3.05) is 25.0 Å². The molecule has 1 aliphatic heterocycles.